The third-order valence-corrected chi connectivity index (χ3v) is 4.68. The van der Waals surface area contributed by atoms with Crippen molar-refractivity contribution in [1.82, 2.24) is 20.5 Å². The largest absolute Gasteiger partial charge is 0.405 e. The molecule has 2 amide bonds. The molecule has 0 unspecified atom stereocenters. The average Bonchev–Trinajstić information content (AvgIpc) is 3.40. The Morgan fingerprint density at radius 3 is 2.81 bits per heavy atom. The number of carbonyl (C=O) groups is 2. The van der Waals surface area contributed by atoms with Crippen molar-refractivity contribution in [3.63, 3.8) is 0 Å². The predicted molar refractivity (Wildman–Crippen MR) is 112 cm³/mol. The SMILES string of the molecule is CN/C=C(/NC(=O)C1=CCC(c2ccnc(NCC(F)(F)F)c2)=N1)C(=N)N1CCCC1=O. The number of nitrogens with zero attached hydrogens (tertiary/aromatic N) is 3. The van der Waals surface area contributed by atoms with Crippen molar-refractivity contribution >= 4 is 29.2 Å². The molecule has 0 aliphatic carbocycles. The average molecular weight is 449 g/mol. The fourth-order valence-corrected chi connectivity index (χ4v) is 3.18. The molecule has 9 nitrogen and oxygen atoms in total. The number of halogens is 3. The lowest BCUT2D eigenvalue weighted by Crippen LogP contribution is -2.39. The van der Waals surface area contributed by atoms with E-state index in [9.17, 15) is 22.8 Å². The van der Waals surface area contributed by atoms with E-state index in [1.807, 2.05) is 0 Å². The molecule has 1 aromatic rings. The molecule has 2 aliphatic heterocycles. The van der Waals surface area contributed by atoms with Crippen molar-refractivity contribution in [2.45, 2.75) is 25.4 Å². The van der Waals surface area contributed by atoms with E-state index in [1.165, 1.54) is 23.4 Å². The van der Waals surface area contributed by atoms with Gasteiger partial charge in [-0.2, -0.15) is 13.2 Å². The van der Waals surface area contributed by atoms with Gasteiger partial charge in [-0.15, -0.1) is 0 Å². The maximum atomic E-state index is 12.7. The number of aliphatic imine (C=N–C) groups is 1. The molecule has 170 valence electrons. The van der Waals surface area contributed by atoms with Gasteiger partial charge >= 0.3 is 6.18 Å². The van der Waals surface area contributed by atoms with Gasteiger partial charge in [0.25, 0.3) is 5.91 Å². The molecule has 4 N–H and O–H groups in total. The molecule has 32 heavy (non-hydrogen) atoms. The Morgan fingerprint density at radius 1 is 1.38 bits per heavy atom. The number of nitrogens with one attached hydrogen (secondary N) is 4. The van der Waals surface area contributed by atoms with E-state index in [0.717, 1.165) is 0 Å². The number of carbonyl (C=O) groups excluding carboxylic acids is 2. The first-order chi connectivity index (χ1) is 15.2. The summed E-state index contributed by atoms with van der Waals surface area (Å²) in [6.07, 6.45) is 1.28. The number of likely N-dealkylation sites (tertiary alicyclic amines) is 1. The number of pyridine rings is 1. The normalized spacial score (nSPS) is 16.6. The summed E-state index contributed by atoms with van der Waals surface area (Å²) in [4.78, 5) is 34.0. The van der Waals surface area contributed by atoms with Crippen molar-refractivity contribution in [3.05, 3.63) is 47.6 Å². The summed E-state index contributed by atoms with van der Waals surface area (Å²) < 4.78 is 37.2. The van der Waals surface area contributed by atoms with E-state index < -0.39 is 18.6 Å². The van der Waals surface area contributed by atoms with Crippen molar-refractivity contribution in [1.29, 1.82) is 5.41 Å². The van der Waals surface area contributed by atoms with E-state index in [-0.39, 0.29) is 29.0 Å². The van der Waals surface area contributed by atoms with Crippen LogP contribution in [0.3, 0.4) is 0 Å². The van der Waals surface area contributed by atoms with Crippen LogP contribution in [0.5, 0.6) is 0 Å². The molecular weight excluding hydrogens is 427 g/mol. The summed E-state index contributed by atoms with van der Waals surface area (Å²) in [5, 5.41) is 15.8. The second-order valence-corrected chi connectivity index (χ2v) is 7.05. The Kier molecular flexibility index (Phi) is 6.91. The smallest absolute Gasteiger partial charge is 0.392 e. The van der Waals surface area contributed by atoms with Crippen LogP contribution in [0.1, 0.15) is 24.8 Å². The van der Waals surface area contributed by atoms with Gasteiger partial charge in [-0.1, -0.05) is 0 Å². The summed E-state index contributed by atoms with van der Waals surface area (Å²) in [5.41, 5.74) is 1.26. The minimum atomic E-state index is -4.37. The molecule has 1 fully saturated rings. The highest BCUT2D eigenvalue weighted by molar-refractivity contribution is 6.12. The van der Waals surface area contributed by atoms with E-state index in [2.05, 4.69) is 25.9 Å². The van der Waals surface area contributed by atoms with Crippen molar-refractivity contribution in [2.24, 2.45) is 4.99 Å². The molecule has 1 aromatic heterocycles. The van der Waals surface area contributed by atoms with Crippen LogP contribution in [0.2, 0.25) is 0 Å². The van der Waals surface area contributed by atoms with Crippen LogP contribution in [0.25, 0.3) is 0 Å². The van der Waals surface area contributed by atoms with E-state index in [4.69, 9.17) is 5.41 Å². The minimum Gasteiger partial charge on any atom is -0.392 e. The fraction of sp³-hybridized carbons (Fsp3) is 0.350. The Labute approximate surface area is 182 Å². The molecule has 0 bridgehead atoms. The van der Waals surface area contributed by atoms with Gasteiger partial charge in [-0.25, -0.2) is 9.98 Å². The van der Waals surface area contributed by atoms with Gasteiger partial charge in [-0.3, -0.25) is 19.9 Å². The highest BCUT2D eigenvalue weighted by atomic mass is 19.4. The molecule has 0 aromatic carbocycles. The number of allylic oxidation sites excluding steroid dienone is 1. The maximum absolute atomic E-state index is 12.7. The third kappa shape index (κ3) is 5.71. The zero-order valence-corrected chi connectivity index (χ0v) is 17.2. The Morgan fingerprint density at radius 2 is 2.16 bits per heavy atom. The standard InChI is InChI=1S/C20H22F3N7O2/c1-25-10-15(18(24)30-8-2-3-17(30)31)29-19(32)14-5-4-13(28-14)12-6-7-26-16(9-12)27-11-20(21,22)23/h5-7,9-10,24-25H,2-4,8,11H2,1H3,(H,26,27)(H,29,32)/b15-10+,24-18?. The number of rotatable bonds is 7. The van der Waals surface area contributed by atoms with Crippen molar-refractivity contribution in [3.8, 4) is 0 Å². The molecule has 12 heteroatoms. The zero-order chi connectivity index (χ0) is 23.3. The van der Waals surface area contributed by atoms with Crippen molar-refractivity contribution < 1.29 is 22.8 Å². The fourth-order valence-electron chi connectivity index (χ4n) is 3.18. The Hall–Kier alpha value is -3.70. The number of anilines is 1. The van der Waals surface area contributed by atoms with Crippen LogP contribution in [0.4, 0.5) is 19.0 Å². The lowest BCUT2D eigenvalue weighted by atomic mass is 10.1. The van der Waals surface area contributed by atoms with Gasteiger partial charge in [0.05, 0.1) is 11.4 Å². The number of hydrogen-bond donors (Lipinski definition) is 4. The lowest BCUT2D eigenvalue weighted by Gasteiger charge is -2.19. The van der Waals surface area contributed by atoms with Gasteiger partial charge in [0.2, 0.25) is 5.91 Å². The first kappa shape index (κ1) is 23.0. The Balaban J connectivity index is 1.68. The highest BCUT2D eigenvalue weighted by Crippen LogP contribution is 2.20. The molecule has 0 saturated carbocycles. The molecule has 3 heterocycles. The van der Waals surface area contributed by atoms with E-state index in [1.54, 1.807) is 19.2 Å². The van der Waals surface area contributed by atoms with Gasteiger partial charge < -0.3 is 16.0 Å². The quantitative estimate of drug-likeness (QED) is 0.374. The maximum Gasteiger partial charge on any atom is 0.405 e. The highest BCUT2D eigenvalue weighted by Gasteiger charge is 2.28. The number of amidine groups is 1. The van der Waals surface area contributed by atoms with E-state index in [0.29, 0.717) is 37.1 Å². The molecule has 3 rings (SSSR count). The van der Waals surface area contributed by atoms with Crippen LogP contribution in [0, 0.1) is 5.41 Å². The monoisotopic (exact) mass is 449 g/mol. The van der Waals surface area contributed by atoms with Gasteiger partial charge in [-0.05, 0) is 24.6 Å². The van der Waals surface area contributed by atoms with Gasteiger partial charge in [0, 0.05) is 44.4 Å². The number of amides is 2. The molecular formula is C20H22F3N7O2. The van der Waals surface area contributed by atoms with Gasteiger partial charge in [0.1, 0.15) is 18.1 Å². The van der Waals surface area contributed by atoms with Crippen LogP contribution in [-0.2, 0) is 9.59 Å². The van der Waals surface area contributed by atoms with Crippen LogP contribution in [-0.4, -0.2) is 59.6 Å². The zero-order valence-electron chi connectivity index (χ0n) is 17.2. The molecule has 2 aliphatic rings. The van der Waals surface area contributed by atoms with Gasteiger partial charge in [0.15, 0.2) is 5.84 Å². The summed E-state index contributed by atoms with van der Waals surface area (Å²) >= 11 is 0. The Bertz CT molecular complexity index is 1010. The first-order valence-corrected chi connectivity index (χ1v) is 9.81. The topological polar surface area (TPSA) is 123 Å². The molecule has 0 spiro atoms. The summed E-state index contributed by atoms with van der Waals surface area (Å²) in [6, 6.07) is 3.02. The number of aromatic nitrogens is 1. The van der Waals surface area contributed by atoms with Crippen LogP contribution < -0.4 is 16.0 Å². The molecule has 0 radical (unpaired) electrons. The van der Waals surface area contributed by atoms with Crippen LogP contribution in [0.15, 0.2) is 47.0 Å². The molecule has 1 saturated heterocycles. The van der Waals surface area contributed by atoms with Crippen LogP contribution >= 0.6 is 0 Å². The summed E-state index contributed by atoms with van der Waals surface area (Å²) in [6.45, 7) is -0.805. The second kappa shape index (κ2) is 9.62. The summed E-state index contributed by atoms with van der Waals surface area (Å²) in [7, 11) is 1.60. The third-order valence-electron chi connectivity index (χ3n) is 4.68. The van der Waals surface area contributed by atoms with E-state index >= 15 is 0 Å². The molecule has 0 atom stereocenters. The first-order valence-electron chi connectivity index (χ1n) is 9.81. The van der Waals surface area contributed by atoms with Crippen molar-refractivity contribution in [2.75, 3.05) is 25.5 Å². The number of alkyl halides is 3. The lowest BCUT2D eigenvalue weighted by molar-refractivity contribution is -0.124. The predicted octanol–water partition coefficient (Wildman–Crippen LogP) is 1.91. The second-order valence-electron chi connectivity index (χ2n) is 7.05. The summed E-state index contributed by atoms with van der Waals surface area (Å²) in [5.74, 6) is -0.822. The minimum absolute atomic E-state index is 0.0448. The number of hydrogen-bond acceptors (Lipinski definition) is 7.